The average molecular weight is 238 g/mol. The summed E-state index contributed by atoms with van der Waals surface area (Å²) in [7, 11) is 0. The highest BCUT2D eigenvalue weighted by Gasteiger charge is 2.39. The van der Waals surface area contributed by atoms with Gasteiger partial charge in [-0.05, 0) is 57.9 Å². The summed E-state index contributed by atoms with van der Waals surface area (Å²) in [6, 6.07) is 2.31. The lowest BCUT2D eigenvalue weighted by Crippen LogP contribution is -2.56. The minimum absolute atomic E-state index is 0.743. The molecule has 2 rings (SSSR count). The normalized spacial score (nSPS) is 37.1. The van der Waals surface area contributed by atoms with Gasteiger partial charge in [-0.3, -0.25) is 4.90 Å². The van der Waals surface area contributed by atoms with Crippen LogP contribution in [0.4, 0.5) is 0 Å². The third-order valence-electron chi connectivity index (χ3n) is 5.10. The molecule has 2 heteroatoms. The van der Waals surface area contributed by atoms with Gasteiger partial charge in [-0.1, -0.05) is 13.8 Å². The molecule has 0 bridgehead atoms. The molecule has 1 aliphatic carbocycles. The Morgan fingerprint density at radius 2 is 1.94 bits per heavy atom. The predicted octanol–water partition coefficient (Wildman–Crippen LogP) is 2.88. The van der Waals surface area contributed by atoms with Gasteiger partial charge in [-0.2, -0.15) is 0 Å². The fraction of sp³-hybridized carbons (Fsp3) is 1.00. The molecule has 0 amide bonds. The van der Waals surface area contributed by atoms with Crippen molar-refractivity contribution in [2.45, 2.75) is 71.5 Å². The second-order valence-corrected chi connectivity index (χ2v) is 6.26. The van der Waals surface area contributed by atoms with Gasteiger partial charge in [0.1, 0.15) is 0 Å². The molecule has 1 saturated heterocycles. The second kappa shape index (κ2) is 5.71. The van der Waals surface area contributed by atoms with Gasteiger partial charge in [-0.25, -0.2) is 0 Å². The van der Waals surface area contributed by atoms with Crippen LogP contribution in [-0.4, -0.2) is 36.1 Å². The van der Waals surface area contributed by atoms with Gasteiger partial charge in [0.05, 0.1) is 0 Å². The molecule has 1 saturated carbocycles. The first-order valence-electron chi connectivity index (χ1n) is 7.64. The van der Waals surface area contributed by atoms with Crippen LogP contribution < -0.4 is 5.32 Å². The van der Waals surface area contributed by atoms with Crippen LogP contribution in [0.1, 0.15) is 53.4 Å². The molecule has 0 spiro atoms. The molecule has 0 aromatic carbocycles. The molecular weight excluding hydrogens is 208 g/mol. The molecule has 1 heterocycles. The summed E-state index contributed by atoms with van der Waals surface area (Å²) in [5.41, 5.74) is 0. The summed E-state index contributed by atoms with van der Waals surface area (Å²) in [4.78, 5) is 2.77. The van der Waals surface area contributed by atoms with Crippen LogP contribution in [0.25, 0.3) is 0 Å². The molecule has 0 aromatic rings. The largest absolute Gasteiger partial charge is 0.314 e. The zero-order valence-electron chi connectivity index (χ0n) is 12.1. The van der Waals surface area contributed by atoms with Gasteiger partial charge < -0.3 is 5.32 Å². The van der Waals surface area contributed by atoms with Gasteiger partial charge in [0.25, 0.3) is 0 Å². The number of likely N-dealkylation sites (tertiary alicyclic amines) is 1. The first-order valence-corrected chi connectivity index (χ1v) is 7.64. The molecule has 0 radical (unpaired) electrons. The first kappa shape index (κ1) is 13.4. The molecule has 2 nitrogen and oxygen atoms in total. The van der Waals surface area contributed by atoms with E-state index < -0.39 is 0 Å². The van der Waals surface area contributed by atoms with E-state index >= 15 is 0 Å². The van der Waals surface area contributed by atoms with Crippen molar-refractivity contribution in [2.75, 3.05) is 13.1 Å². The maximum absolute atomic E-state index is 3.73. The molecule has 2 aliphatic rings. The van der Waals surface area contributed by atoms with Gasteiger partial charge in [0.15, 0.2) is 0 Å². The molecule has 2 fully saturated rings. The zero-order valence-corrected chi connectivity index (χ0v) is 12.1. The third kappa shape index (κ3) is 3.03. The summed E-state index contributed by atoms with van der Waals surface area (Å²) in [6.07, 6.45) is 5.52. The van der Waals surface area contributed by atoms with E-state index in [9.17, 15) is 0 Å². The highest BCUT2D eigenvalue weighted by atomic mass is 15.2. The summed E-state index contributed by atoms with van der Waals surface area (Å²) in [5.74, 6) is 1.79. The number of hydrogen-bond acceptors (Lipinski definition) is 2. The van der Waals surface area contributed by atoms with Crippen molar-refractivity contribution in [1.82, 2.24) is 10.2 Å². The Labute approximate surface area is 107 Å². The minimum Gasteiger partial charge on any atom is -0.314 e. The number of nitrogens with zero attached hydrogens (tertiary/aromatic N) is 1. The van der Waals surface area contributed by atoms with Gasteiger partial charge in [0.2, 0.25) is 0 Å². The summed E-state index contributed by atoms with van der Waals surface area (Å²) >= 11 is 0. The van der Waals surface area contributed by atoms with Gasteiger partial charge >= 0.3 is 0 Å². The van der Waals surface area contributed by atoms with Crippen molar-refractivity contribution in [2.24, 2.45) is 11.8 Å². The summed E-state index contributed by atoms with van der Waals surface area (Å²) < 4.78 is 0. The summed E-state index contributed by atoms with van der Waals surface area (Å²) in [5, 5.41) is 3.73. The van der Waals surface area contributed by atoms with Crippen molar-refractivity contribution in [3.05, 3.63) is 0 Å². The van der Waals surface area contributed by atoms with Crippen LogP contribution >= 0.6 is 0 Å². The van der Waals surface area contributed by atoms with Crippen LogP contribution in [0.15, 0.2) is 0 Å². The Morgan fingerprint density at radius 3 is 2.53 bits per heavy atom. The third-order valence-corrected chi connectivity index (χ3v) is 5.10. The van der Waals surface area contributed by atoms with E-state index in [1.165, 1.54) is 38.8 Å². The Morgan fingerprint density at radius 1 is 1.24 bits per heavy atom. The zero-order chi connectivity index (χ0) is 12.4. The standard InChI is InChI=1S/C15H30N2/c1-5-9-16-15-8-10-17(12(3)11(15)2)13(4)14-6-7-14/h11-16H,5-10H2,1-4H3. The molecule has 4 atom stereocenters. The number of nitrogens with one attached hydrogen (secondary N) is 1. The van der Waals surface area contributed by atoms with Crippen LogP contribution in [-0.2, 0) is 0 Å². The molecular formula is C15H30N2. The Kier molecular flexibility index (Phi) is 4.48. The van der Waals surface area contributed by atoms with Crippen LogP contribution in [0.2, 0.25) is 0 Å². The van der Waals surface area contributed by atoms with Crippen molar-refractivity contribution >= 4 is 0 Å². The monoisotopic (exact) mass is 238 g/mol. The molecule has 1 N–H and O–H groups in total. The minimum atomic E-state index is 0.743. The highest BCUT2D eigenvalue weighted by molar-refractivity contribution is 4.94. The van der Waals surface area contributed by atoms with Crippen molar-refractivity contribution in [3.8, 4) is 0 Å². The topological polar surface area (TPSA) is 15.3 Å². The lowest BCUT2D eigenvalue weighted by Gasteiger charge is -2.46. The van der Waals surface area contributed by atoms with E-state index in [1.807, 2.05) is 0 Å². The molecule has 17 heavy (non-hydrogen) atoms. The maximum Gasteiger partial charge on any atom is 0.0120 e. The van der Waals surface area contributed by atoms with Crippen molar-refractivity contribution in [1.29, 1.82) is 0 Å². The predicted molar refractivity (Wildman–Crippen MR) is 74.2 cm³/mol. The van der Waals surface area contributed by atoms with E-state index in [-0.39, 0.29) is 0 Å². The Bertz CT molecular complexity index is 237. The first-order chi connectivity index (χ1) is 8.15. The van der Waals surface area contributed by atoms with Gasteiger partial charge in [0, 0.05) is 24.7 Å². The fourth-order valence-electron chi connectivity index (χ4n) is 3.43. The second-order valence-electron chi connectivity index (χ2n) is 6.26. The van der Waals surface area contributed by atoms with E-state index in [0.29, 0.717) is 0 Å². The average Bonchev–Trinajstić information content (AvgIpc) is 3.14. The fourth-order valence-corrected chi connectivity index (χ4v) is 3.43. The maximum atomic E-state index is 3.73. The van der Waals surface area contributed by atoms with Crippen molar-refractivity contribution in [3.63, 3.8) is 0 Å². The number of rotatable bonds is 5. The number of hydrogen-bond donors (Lipinski definition) is 1. The van der Waals surface area contributed by atoms with E-state index in [1.54, 1.807) is 0 Å². The van der Waals surface area contributed by atoms with Crippen molar-refractivity contribution < 1.29 is 0 Å². The SMILES string of the molecule is CCCNC1CCN(C(C)C2CC2)C(C)C1C. The van der Waals surface area contributed by atoms with Gasteiger partial charge in [-0.15, -0.1) is 0 Å². The van der Waals surface area contributed by atoms with Crippen LogP contribution in [0.3, 0.4) is 0 Å². The summed E-state index contributed by atoms with van der Waals surface area (Å²) in [6.45, 7) is 12.0. The number of piperidine rings is 1. The Hall–Kier alpha value is -0.0800. The van der Waals surface area contributed by atoms with E-state index in [4.69, 9.17) is 0 Å². The van der Waals surface area contributed by atoms with Crippen LogP contribution in [0, 0.1) is 11.8 Å². The lowest BCUT2D eigenvalue weighted by atomic mass is 9.85. The quantitative estimate of drug-likeness (QED) is 0.792. The molecule has 100 valence electrons. The smallest absolute Gasteiger partial charge is 0.0120 e. The van der Waals surface area contributed by atoms with Crippen LogP contribution in [0.5, 0.6) is 0 Å². The Balaban J connectivity index is 1.88. The highest BCUT2D eigenvalue weighted by Crippen LogP contribution is 2.38. The molecule has 0 aromatic heterocycles. The van der Waals surface area contributed by atoms with E-state index in [0.717, 1.165) is 30.0 Å². The molecule has 1 aliphatic heterocycles. The van der Waals surface area contributed by atoms with E-state index in [2.05, 4.69) is 37.9 Å². The lowest BCUT2D eigenvalue weighted by molar-refractivity contribution is 0.0450. The molecule has 4 unspecified atom stereocenters.